The quantitative estimate of drug-likeness (QED) is 0.342. The van der Waals surface area contributed by atoms with E-state index >= 15 is 0 Å². The van der Waals surface area contributed by atoms with Crippen LogP contribution < -0.4 is 0 Å². The van der Waals surface area contributed by atoms with Crippen LogP contribution in [0.5, 0.6) is 0 Å². The van der Waals surface area contributed by atoms with Crippen LogP contribution in [0.25, 0.3) is 0 Å². The molecule has 0 bridgehead atoms. The molecule has 1 heterocycles. The molecule has 3 heteroatoms. The third-order valence-electron chi connectivity index (χ3n) is 0.847. The lowest BCUT2D eigenvalue weighted by Crippen LogP contribution is -2.18. The van der Waals surface area contributed by atoms with Crippen LogP contribution >= 0.6 is 22.6 Å². The summed E-state index contributed by atoms with van der Waals surface area (Å²) in [4.78, 5) is 9.31. The van der Waals surface area contributed by atoms with Gasteiger partial charge in [-0.2, -0.15) is 0 Å². The number of hydrogen-bond acceptors (Lipinski definition) is 2. The number of hydrogen-bond donors (Lipinski definition) is 0. The van der Waals surface area contributed by atoms with Gasteiger partial charge in [0, 0.05) is 3.92 Å². The third-order valence-corrected chi connectivity index (χ3v) is 1.83. The molecule has 7 heavy (non-hydrogen) atoms. The van der Waals surface area contributed by atoms with Crippen molar-refractivity contribution in [1.82, 2.24) is 0 Å². The molecule has 1 unspecified atom stereocenters. The normalized spacial score (nSPS) is 33.0. The van der Waals surface area contributed by atoms with Crippen molar-refractivity contribution in [1.29, 1.82) is 0 Å². The monoisotopic (exact) mass is 214 g/mol. The molecule has 0 aromatic carbocycles. The average Bonchev–Trinajstić information content (AvgIpc) is 1.69. The summed E-state index contributed by atoms with van der Waals surface area (Å²) in [7, 11) is 0. The molecule has 0 aromatic heterocycles. The van der Waals surface area contributed by atoms with Gasteiger partial charge >= 0.3 is 0 Å². The molecule has 2 nitrogen and oxygen atoms in total. The first-order chi connectivity index (χ1) is 3.39. The van der Waals surface area contributed by atoms with Crippen LogP contribution in [0.2, 0.25) is 0 Å². The van der Waals surface area contributed by atoms with Crippen molar-refractivity contribution in [2.45, 2.75) is 10.3 Å². The fourth-order valence-corrected chi connectivity index (χ4v) is 0.841. The topological polar surface area (TPSA) is 18.5 Å². The van der Waals surface area contributed by atoms with E-state index in [4.69, 9.17) is 0 Å². The summed E-state index contributed by atoms with van der Waals surface area (Å²) in [5.41, 5.74) is 0. The molecule has 0 spiro atoms. The van der Waals surface area contributed by atoms with Gasteiger partial charge in [0.25, 0.3) is 0 Å². The molecule has 0 aliphatic carbocycles. The maximum Gasteiger partial charge on any atom is 0.0940 e. The Morgan fingerprint density at radius 3 is 2.57 bits per heavy atom. The maximum atomic E-state index is 4.67. The van der Waals surface area contributed by atoms with Crippen LogP contribution in [0.15, 0.2) is 0 Å². The van der Waals surface area contributed by atoms with Crippen LogP contribution in [0, 0.1) is 0 Å². The van der Waals surface area contributed by atoms with Crippen LogP contribution in [-0.2, 0) is 9.78 Å². The van der Waals surface area contributed by atoms with E-state index in [1.165, 1.54) is 0 Å². The third kappa shape index (κ3) is 1.92. The maximum absolute atomic E-state index is 4.67. The summed E-state index contributed by atoms with van der Waals surface area (Å²) in [5, 5.41) is 0. The standard InChI is InChI=1S/C4H7IO2/c5-4-1-2-6-7-3-4/h4H,1-3H2. The number of rotatable bonds is 0. The zero-order valence-electron chi connectivity index (χ0n) is 3.89. The van der Waals surface area contributed by atoms with E-state index in [-0.39, 0.29) is 0 Å². The van der Waals surface area contributed by atoms with Crippen molar-refractivity contribution in [2.75, 3.05) is 13.2 Å². The predicted octanol–water partition coefficient (Wildman–Crippen LogP) is 1.14. The zero-order chi connectivity index (χ0) is 5.11. The van der Waals surface area contributed by atoms with Gasteiger partial charge in [-0.05, 0) is 6.42 Å². The van der Waals surface area contributed by atoms with Gasteiger partial charge < -0.3 is 0 Å². The predicted molar refractivity (Wildman–Crippen MR) is 34.3 cm³/mol. The molecule has 42 valence electrons. The molecule has 1 atom stereocenters. The van der Waals surface area contributed by atoms with E-state index < -0.39 is 0 Å². The molecule has 0 aromatic rings. The fourth-order valence-electron chi connectivity index (χ4n) is 0.440. The SMILES string of the molecule is IC1CCOOC1. The van der Waals surface area contributed by atoms with E-state index in [9.17, 15) is 0 Å². The van der Waals surface area contributed by atoms with Crippen molar-refractivity contribution in [3.05, 3.63) is 0 Å². The van der Waals surface area contributed by atoms with Crippen molar-refractivity contribution in [3.63, 3.8) is 0 Å². The Morgan fingerprint density at radius 1 is 1.43 bits per heavy atom. The van der Waals surface area contributed by atoms with E-state index in [2.05, 4.69) is 32.4 Å². The Balaban J connectivity index is 2.12. The second-order valence-electron chi connectivity index (χ2n) is 1.49. The Kier molecular flexibility index (Phi) is 2.34. The van der Waals surface area contributed by atoms with Crippen molar-refractivity contribution in [3.8, 4) is 0 Å². The molecular formula is C4H7IO2. The van der Waals surface area contributed by atoms with Gasteiger partial charge in [-0.25, -0.2) is 9.78 Å². The molecule has 0 N–H and O–H groups in total. The van der Waals surface area contributed by atoms with Crippen molar-refractivity contribution in [2.24, 2.45) is 0 Å². The zero-order valence-corrected chi connectivity index (χ0v) is 6.05. The van der Waals surface area contributed by atoms with Crippen LogP contribution in [0.3, 0.4) is 0 Å². The minimum absolute atomic E-state index is 0.659. The van der Waals surface area contributed by atoms with Crippen molar-refractivity contribution < 1.29 is 9.78 Å². The molecular weight excluding hydrogens is 207 g/mol. The summed E-state index contributed by atoms with van der Waals surface area (Å²) in [5.74, 6) is 0. The second-order valence-corrected chi connectivity index (χ2v) is 3.25. The minimum atomic E-state index is 0.659. The first-order valence-electron chi connectivity index (χ1n) is 2.28. The van der Waals surface area contributed by atoms with Gasteiger partial charge in [0.05, 0.1) is 13.2 Å². The lowest BCUT2D eigenvalue weighted by molar-refractivity contribution is -0.309. The van der Waals surface area contributed by atoms with E-state index in [0.29, 0.717) is 3.92 Å². The smallest absolute Gasteiger partial charge is 0.0940 e. The average molecular weight is 214 g/mol. The summed E-state index contributed by atoms with van der Waals surface area (Å²) < 4.78 is 0.659. The van der Waals surface area contributed by atoms with E-state index in [1.807, 2.05) is 0 Å². The molecule has 0 radical (unpaired) electrons. The molecule has 0 amide bonds. The van der Waals surface area contributed by atoms with Gasteiger partial charge in [-0.3, -0.25) is 0 Å². The highest BCUT2D eigenvalue weighted by atomic mass is 127. The lowest BCUT2D eigenvalue weighted by atomic mass is 10.3. The largest absolute Gasteiger partial charge is 0.237 e. The summed E-state index contributed by atoms with van der Waals surface area (Å²) in [6.07, 6.45) is 1.13. The highest BCUT2D eigenvalue weighted by molar-refractivity contribution is 14.1. The molecule has 1 fully saturated rings. The Morgan fingerprint density at radius 2 is 2.29 bits per heavy atom. The highest BCUT2D eigenvalue weighted by Gasteiger charge is 2.09. The summed E-state index contributed by atoms with van der Waals surface area (Å²) in [6, 6.07) is 0. The Bertz CT molecular complexity index is 51.7. The molecule has 1 saturated heterocycles. The summed E-state index contributed by atoms with van der Waals surface area (Å²) in [6.45, 7) is 1.51. The van der Waals surface area contributed by atoms with Crippen LogP contribution in [0.1, 0.15) is 6.42 Å². The van der Waals surface area contributed by atoms with Gasteiger partial charge in [0.15, 0.2) is 0 Å². The second kappa shape index (κ2) is 2.84. The highest BCUT2D eigenvalue weighted by Crippen LogP contribution is 2.10. The minimum Gasteiger partial charge on any atom is -0.237 e. The van der Waals surface area contributed by atoms with Crippen molar-refractivity contribution >= 4 is 22.6 Å². The number of halogens is 1. The van der Waals surface area contributed by atoms with Crippen LogP contribution in [-0.4, -0.2) is 17.1 Å². The Labute approximate surface area is 56.2 Å². The van der Waals surface area contributed by atoms with Gasteiger partial charge in [0.2, 0.25) is 0 Å². The molecule has 0 saturated carbocycles. The first-order valence-corrected chi connectivity index (χ1v) is 3.52. The molecule has 1 aliphatic rings. The van der Waals surface area contributed by atoms with Gasteiger partial charge in [-0.15, -0.1) is 0 Å². The van der Waals surface area contributed by atoms with E-state index in [0.717, 1.165) is 19.6 Å². The lowest BCUT2D eigenvalue weighted by Gasteiger charge is -2.14. The fraction of sp³-hybridized carbons (Fsp3) is 1.00. The van der Waals surface area contributed by atoms with Crippen LogP contribution in [0.4, 0.5) is 0 Å². The van der Waals surface area contributed by atoms with Gasteiger partial charge in [-0.1, -0.05) is 22.6 Å². The van der Waals surface area contributed by atoms with Gasteiger partial charge in [0.1, 0.15) is 0 Å². The Hall–Kier alpha value is 0.650. The summed E-state index contributed by atoms with van der Waals surface area (Å²) >= 11 is 2.35. The first kappa shape index (κ1) is 5.78. The molecule has 1 rings (SSSR count). The molecule has 1 aliphatic heterocycles. The van der Waals surface area contributed by atoms with E-state index in [1.54, 1.807) is 0 Å². The number of alkyl halides is 1.